The molecule has 2 aromatic carbocycles. The number of para-hydroxylation sites is 1. The standard InChI is InChI=1S/C22H23NO5/c1-26-17-7-8-20-18(13-17)19(24)14-22(28-20)9-11-23(12-10-22)21(25)15-27-16-5-3-2-4-6-16/h2-8,13H,9-12,14-15H2,1H3. The van der Waals surface area contributed by atoms with Crippen LogP contribution in [-0.2, 0) is 4.79 Å². The minimum atomic E-state index is -0.532. The van der Waals surface area contributed by atoms with Gasteiger partial charge in [-0.2, -0.15) is 0 Å². The van der Waals surface area contributed by atoms with Crippen LogP contribution in [-0.4, -0.2) is 49.0 Å². The number of hydrogen-bond acceptors (Lipinski definition) is 5. The molecule has 1 spiro atoms. The van der Waals surface area contributed by atoms with Crippen molar-refractivity contribution in [3.63, 3.8) is 0 Å². The van der Waals surface area contributed by atoms with Gasteiger partial charge in [-0.1, -0.05) is 18.2 Å². The van der Waals surface area contributed by atoms with Crippen LogP contribution in [0.25, 0.3) is 0 Å². The summed E-state index contributed by atoms with van der Waals surface area (Å²) < 4.78 is 17.0. The van der Waals surface area contributed by atoms with Crippen LogP contribution in [0.4, 0.5) is 0 Å². The Morgan fingerprint density at radius 1 is 1.11 bits per heavy atom. The monoisotopic (exact) mass is 381 g/mol. The largest absolute Gasteiger partial charge is 0.497 e. The molecule has 1 saturated heterocycles. The molecule has 2 aliphatic rings. The number of carbonyl (C=O) groups is 2. The molecule has 2 aromatic rings. The summed E-state index contributed by atoms with van der Waals surface area (Å²) in [6.07, 6.45) is 1.58. The van der Waals surface area contributed by atoms with Crippen molar-refractivity contribution in [3.8, 4) is 17.2 Å². The molecule has 0 unspecified atom stereocenters. The molecular formula is C22H23NO5. The molecular weight excluding hydrogens is 358 g/mol. The van der Waals surface area contributed by atoms with E-state index in [-0.39, 0.29) is 18.3 Å². The fourth-order valence-electron chi connectivity index (χ4n) is 3.80. The minimum absolute atomic E-state index is 0.0133. The predicted molar refractivity (Wildman–Crippen MR) is 103 cm³/mol. The number of fused-ring (bicyclic) bond motifs is 1. The molecule has 6 nitrogen and oxygen atoms in total. The molecule has 4 rings (SSSR count). The molecule has 0 aromatic heterocycles. The number of ketones is 1. The number of hydrogen-bond donors (Lipinski definition) is 0. The van der Waals surface area contributed by atoms with Crippen molar-refractivity contribution in [2.45, 2.75) is 24.9 Å². The first-order valence-corrected chi connectivity index (χ1v) is 9.44. The van der Waals surface area contributed by atoms with Gasteiger partial charge in [0, 0.05) is 25.9 Å². The fourth-order valence-corrected chi connectivity index (χ4v) is 3.80. The van der Waals surface area contributed by atoms with Crippen molar-refractivity contribution in [2.24, 2.45) is 0 Å². The lowest BCUT2D eigenvalue weighted by atomic mass is 9.82. The Morgan fingerprint density at radius 3 is 2.57 bits per heavy atom. The van der Waals surface area contributed by atoms with E-state index in [2.05, 4.69) is 0 Å². The third-order valence-corrected chi connectivity index (χ3v) is 5.43. The minimum Gasteiger partial charge on any atom is -0.497 e. The number of nitrogens with zero attached hydrogens (tertiary/aromatic N) is 1. The average Bonchev–Trinajstić information content (AvgIpc) is 2.73. The lowest BCUT2D eigenvalue weighted by molar-refractivity contribution is -0.136. The molecule has 0 radical (unpaired) electrons. The summed E-state index contributed by atoms with van der Waals surface area (Å²) in [5.41, 5.74) is 0.0372. The van der Waals surface area contributed by atoms with Crippen LogP contribution in [0.3, 0.4) is 0 Å². The summed E-state index contributed by atoms with van der Waals surface area (Å²) in [6.45, 7) is 1.12. The van der Waals surface area contributed by atoms with E-state index >= 15 is 0 Å². The van der Waals surface area contributed by atoms with Gasteiger partial charge >= 0.3 is 0 Å². The van der Waals surface area contributed by atoms with Gasteiger partial charge in [0.05, 0.1) is 19.1 Å². The number of benzene rings is 2. The smallest absolute Gasteiger partial charge is 0.260 e. The number of carbonyl (C=O) groups excluding carboxylic acids is 2. The van der Waals surface area contributed by atoms with Crippen LogP contribution < -0.4 is 14.2 Å². The highest BCUT2D eigenvalue weighted by Gasteiger charge is 2.43. The van der Waals surface area contributed by atoms with Crippen molar-refractivity contribution in [2.75, 3.05) is 26.8 Å². The van der Waals surface area contributed by atoms with Gasteiger partial charge in [-0.25, -0.2) is 0 Å². The molecule has 0 atom stereocenters. The predicted octanol–water partition coefficient (Wildman–Crippen LogP) is 3.10. The topological polar surface area (TPSA) is 65.1 Å². The number of amides is 1. The van der Waals surface area contributed by atoms with Gasteiger partial charge in [0.1, 0.15) is 22.8 Å². The Kier molecular flexibility index (Phi) is 4.94. The molecule has 6 heteroatoms. The van der Waals surface area contributed by atoms with Gasteiger partial charge in [-0.05, 0) is 30.3 Å². The molecule has 0 bridgehead atoms. The zero-order chi connectivity index (χ0) is 19.6. The Bertz CT molecular complexity index is 872. The lowest BCUT2D eigenvalue weighted by Crippen LogP contribution is -2.53. The molecule has 0 saturated carbocycles. The molecule has 1 amide bonds. The Balaban J connectivity index is 1.37. The van der Waals surface area contributed by atoms with E-state index in [1.807, 2.05) is 30.3 Å². The van der Waals surface area contributed by atoms with Crippen molar-refractivity contribution >= 4 is 11.7 Å². The van der Waals surface area contributed by atoms with Crippen LogP contribution in [0.15, 0.2) is 48.5 Å². The number of methoxy groups -OCH3 is 1. The van der Waals surface area contributed by atoms with E-state index in [1.165, 1.54) is 0 Å². The van der Waals surface area contributed by atoms with Crippen molar-refractivity contribution < 1.29 is 23.8 Å². The van der Waals surface area contributed by atoms with Gasteiger partial charge in [-0.3, -0.25) is 9.59 Å². The summed E-state index contributed by atoms with van der Waals surface area (Å²) in [4.78, 5) is 26.9. The summed E-state index contributed by atoms with van der Waals surface area (Å²) in [7, 11) is 1.58. The number of piperidine rings is 1. The van der Waals surface area contributed by atoms with E-state index in [4.69, 9.17) is 14.2 Å². The second-order valence-electron chi connectivity index (χ2n) is 7.23. The zero-order valence-electron chi connectivity index (χ0n) is 15.8. The highest BCUT2D eigenvalue weighted by Crippen LogP contribution is 2.40. The number of Topliss-reactive ketones (excluding diaryl/α,β-unsaturated/α-hetero) is 1. The van der Waals surface area contributed by atoms with Crippen molar-refractivity contribution in [3.05, 3.63) is 54.1 Å². The molecule has 0 N–H and O–H groups in total. The van der Waals surface area contributed by atoms with Gasteiger partial charge in [0.25, 0.3) is 5.91 Å². The Labute approximate surface area is 164 Å². The Hall–Kier alpha value is -3.02. The summed E-state index contributed by atoms with van der Waals surface area (Å²) in [6, 6.07) is 14.6. The van der Waals surface area contributed by atoms with Crippen molar-refractivity contribution in [1.82, 2.24) is 4.90 Å². The molecule has 28 heavy (non-hydrogen) atoms. The third kappa shape index (κ3) is 3.67. The van der Waals surface area contributed by atoms with E-state index in [0.29, 0.717) is 55.2 Å². The van der Waals surface area contributed by atoms with E-state index < -0.39 is 5.60 Å². The second kappa shape index (κ2) is 7.54. The van der Waals surface area contributed by atoms with E-state index in [0.717, 1.165) is 0 Å². The number of rotatable bonds is 4. The molecule has 1 fully saturated rings. The van der Waals surface area contributed by atoms with Crippen LogP contribution in [0.1, 0.15) is 29.6 Å². The fraction of sp³-hybridized carbons (Fsp3) is 0.364. The van der Waals surface area contributed by atoms with Gasteiger partial charge in [0.2, 0.25) is 0 Å². The van der Waals surface area contributed by atoms with Crippen LogP contribution in [0, 0.1) is 0 Å². The van der Waals surface area contributed by atoms with Crippen LogP contribution >= 0.6 is 0 Å². The third-order valence-electron chi connectivity index (χ3n) is 5.43. The maximum Gasteiger partial charge on any atom is 0.260 e. The number of ether oxygens (including phenoxy) is 3. The Morgan fingerprint density at radius 2 is 1.86 bits per heavy atom. The second-order valence-corrected chi connectivity index (χ2v) is 7.23. The highest BCUT2D eigenvalue weighted by molar-refractivity contribution is 6.00. The SMILES string of the molecule is COc1ccc2c(c1)C(=O)CC1(CCN(C(=O)COc3ccccc3)CC1)O2. The summed E-state index contributed by atoms with van der Waals surface area (Å²) >= 11 is 0. The number of likely N-dealkylation sites (tertiary alicyclic amines) is 1. The average molecular weight is 381 g/mol. The van der Waals surface area contributed by atoms with Gasteiger partial charge in [-0.15, -0.1) is 0 Å². The van der Waals surface area contributed by atoms with Crippen molar-refractivity contribution in [1.29, 1.82) is 0 Å². The quantitative estimate of drug-likeness (QED) is 0.814. The van der Waals surface area contributed by atoms with Gasteiger partial charge < -0.3 is 19.1 Å². The first kappa shape index (κ1) is 18.3. The zero-order valence-corrected chi connectivity index (χ0v) is 15.8. The summed E-state index contributed by atoms with van der Waals surface area (Å²) in [5.74, 6) is 1.94. The first-order valence-electron chi connectivity index (χ1n) is 9.44. The van der Waals surface area contributed by atoms with E-state index in [9.17, 15) is 9.59 Å². The molecule has 0 aliphatic carbocycles. The highest BCUT2D eigenvalue weighted by atomic mass is 16.5. The van der Waals surface area contributed by atoms with E-state index in [1.54, 1.807) is 30.2 Å². The maximum atomic E-state index is 12.7. The molecule has 2 heterocycles. The summed E-state index contributed by atoms with van der Waals surface area (Å²) in [5, 5.41) is 0. The molecule has 146 valence electrons. The van der Waals surface area contributed by atoms with Gasteiger partial charge in [0.15, 0.2) is 12.4 Å². The van der Waals surface area contributed by atoms with Crippen LogP contribution in [0.2, 0.25) is 0 Å². The van der Waals surface area contributed by atoms with Crippen LogP contribution in [0.5, 0.6) is 17.2 Å². The maximum absolute atomic E-state index is 12.7. The normalized spacial score (nSPS) is 17.6. The molecule has 2 aliphatic heterocycles. The first-order chi connectivity index (χ1) is 13.6. The lowest BCUT2D eigenvalue weighted by Gasteiger charge is -2.43.